The van der Waals surface area contributed by atoms with Crippen LogP contribution in [0.2, 0.25) is 0 Å². The summed E-state index contributed by atoms with van der Waals surface area (Å²) in [6.45, 7) is 3.95. The summed E-state index contributed by atoms with van der Waals surface area (Å²) in [4.78, 5) is 24.4. The van der Waals surface area contributed by atoms with Gasteiger partial charge in [0.05, 0.1) is 0 Å². The molecule has 2 rings (SSSR count). The van der Waals surface area contributed by atoms with Gasteiger partial charge in [0, 0.05) is 13.0 Å². The lowest BCUT2D eigenvalue weighted by Crippen LogP contribution is -2.48. The van der Waals surface area contributed by atoms with Crippen molar-refractivity contribution in [1.29, 1.82) is 0 Å². The Kier molecular flexibility index (Phi) is 7.24. The Labute approximate surface area is 152 Å². The number of carbonyl (C=O) groups is 2. The second kappa shape index (κ2) is 9.88. The van der Waals surface area contributed by atoms with Crippen LogP contribution in [0, 0.1) is 0 Å². The van der Waals surface area contributed by atoms with Crippen LogP contribution in [0.3, 0.4) is 0 Å². The Morgan fingerprint density at radius 3 is 2.54 bits per heavy atom. The first-order valence-corrected chi connectivity index (χ1v) is 8.22. The first-order valence-electron chi connectivity index (χ1n) is 8.22. The number of phenolic OH excluding ortho intramolecular Hbond substituents is 1. The van der Waals surface area contributed by atoms with E-state index in [1.807, 2.05) is 30.3 Å². The van der Waals surface area contributed by atoms with Crippen molar-refractivity contribution in [2.24, 2.45) is 0 Å². The van der Waals surface area contributed by atoms with Crippen LogP contribution in [0.4, 0.5) is 4.79 Å². The zero-order valence-electron chi connectivity index (χ0n) is 14.4. The molecule has 0 spiro atoms. The van der Waals surface area contributed by atoms with Crippen molar-refractivity contribution in [3.05, 3.63) is 78.4 Å². The van der Waals surface area contributed by atoms with E-state index in [0.29, 0.717) is 5.56 Å². The summed E-state index contributed by atoms with van der Waals surface area (Å²) in [6, 6.07) is 15.0. The number of ether oxygens (including phenoxy) is 1. The van der Waals surface area contributed by atoms with E-state index >= 15 is 0 Å². The van der Waals surface area contributed by atoms with Gasteiger partial charge in [0.1, 0.15) is 18.4 Å². The number of hydrogen-bond acceptors (Lipinski definition) is 4. The topological polar surface area (TPSA) is 87.7 Å². The molecule has 6 heteroatoms. The molecule has 0 fully saturated rings. The molecule has 26 heavy (non-hydrogen) atoms. The number of carbonyl (C=O) groups excluding carboxylic acids is 2. The van der Waals surface area contributed by atoms with E-state index in [1.165, 1.54) is 6.07 Å². The third-order valence-electron chi connectivity index (χ3n) is 3.59. The third-order valence-corrected chi connectivity index (χ3v) is 3.59. The molecule has 0 aromatic heterocycles. The minimum absolute atomic E-state index is 0.0967. The predicted octanol–water partition coefficient (Wildman–Crippen LogP) is 2.53. The highest BCUT2D eigenvalue weighted by atomic mass is 16.5. The fourth-order valence-corrected chi connectivity index (χ4v) is 2.33. The summed E-state index contributed by atoms with van der Waals surface area (Å²) in [7, 11) is 0. The number of alkyl carbamates (subject to hydrolysis) is 1. The lowest BCUT2D eigenvalue weighted by Gasteiger charge is -2.18. The van der Waals surface area contributed by atoms with Crippen LogP contribution >= 0.6 is 0 Å². The van der Waals surface area contributed by atoms with Gasteiger partial charge in [0.2, 0.25) is 5.91 Å². The molecule has 3 N–H and O–H groups in total. The monoisotopic (exact) mass is 354 g/mol. The first-order chi connectivity index (χ1) is 12.6. The fraction of sp³-hybridized carbons (Fsp3) is 0.200. The lowest BCUT2D eigenvalue weighted by molar-refractivity contribution is -0.122. The van der Waals surface area contributed by atoms with Gasteiger partial charge in [-0.1, -0.05) is 48.5 Å². The summed E-state index contributed by atoms with van der Waals surface area (Å²) in [5.74, 6) is -0.260. The predicted molar refractivity (Wildman–Crippen MR) is 98.6 cm³/mol. The van der Waals surface area contributed by atoms with Gasteiger partial charge < -0.3 is 20.5 Å². The average Bonchev–Trinajstić information content (AvgIpc) is 2.65. The molecule has 0 aliphatic heterocycles. The number of amides is 2. The maximum Gasteiger partial charge on any atom is 0.408 e. The fourth-order valence-electron chi connectivity index (χ4n) is 2.33. The van der Waals surface area contributed by atoms with Crippen molar-refractivity contribution in [3.63, 3.8) is 0 Å². The van der Waals surface area contributed by atoms with Gasteiger partial charge in [-0.15, -0.1) is 6.58 Å². The van der Waals surface area contributed by atoms with Crippen molar-refractivity contribution < 1.29 is 19.4 Å². The quantitative estimate of drug-likeness (QED) is 0.636. The smallest absolute Gasteiger partial charge is 0.408 e. The molecule has 0 radical (unpaired) electrons. The molecule has 2 amide bonds. The summed E-state index contributed by atoms with van der Waals surface area (Å²) < 4.78 is 5.18. The molecule has 1 unspecified atom stereocenters. The minimum Gasteiger partial charge on any atom is -0.508 e. The van der Waals surface area contributed by atoms with Crippen LogP contribution in [0.15, 0.2) is 67.3 Å². The number of benzene rings is 2. The number of aromatic hydroxyl groups is 1. The number of hydrogen-bond donors (Lipinski definition) is 3. The molecule has 2 aromatic rings. The SMILES string of the molecule is C=CCNC(=O)C(Cc1cccc(O)c1)NC(=O)OCc1ccccc1. The number of phenols is 1. The van der Waals surface area contributed by atoms with Gasteiger partial charge in [-0.3, -0.25) is 4.79 Å². The van der Waals surface area contributed by atoms with Crippen LogP contribution in [0.1, 0.15) is 11.1 Å². The molecular weight excluding hydrogens is 332 g/mol. The van der Waals surface area contributed by atoms with E-state index in [0.717, 1.165) is 5.56 Å². The molecule has 1 atom stereocenters. The van der Waals surface area contributed by atoms with E-state index in [2.05, 4.69) is 17.2 Å². The molecule has 6 nitrogen and oxygen atoms in total. The van der Waals surface area contributed by atoms with Crippen LogP contribution in [0.25, 0.3) is 0 Å². The molecular formula is C20H22N2O4. The van der Waals surface area contributed by atoms with Gasteiger partial charge in [0.25, 0.3) is 0 Å². The summed E-state index contributed by atoms with van der Waals surface area (Å²) in [6.07, 6.45) is 1.09. The Hall–Kier alpha value is -3.28. The highest BCUT2D eigenvalue weighted by molar-refractivity contribution is 5.86. The zero-order valence-corrected chi connectivity index (χ0v) is 14.4. The molecule has 0 aliphatic carbocycles. The summed E-state index contributed by atoms with van der Waals surface area (Å²) in [5.41, 5.74) is 1.57. The second-order valence-corrected chi connectivity index (χ2v) is 5.67. The maximum atomic E-state index is 12.3. The van der Waals surface area contributed by atoms with Gasteiger partial charge in [-0.25, -0.2) is 4.79 Å². The van der Waals surface area contributed by atoms with Crippen LogP contribution < -0.4 is 10.6 Å². The molecule has 0 aliphatic rings. The summed E-state index contributed by atoms with van der Waals surface area (Å²) in [5, 5.41) is 14.8. The standard InChI is InChI=1S/C20H22N2O4/c1-2-11-21-19(24)18(13-16-9-6-10-17(23)12-16)22-20(25)26-14-15-7-4-3-5-8-15/h2-10,12,18,23H,1,11,13-14H2,(H,21,24)(H,22,25). The lowest BCUT2D eigenvalue weighted by atomic mass is 10.1. The third kappa shape index (κ3) is 6.32. The normalized spacial score (nSPS) is 11.2. The molecule has 2 aromatic carbocycles. The molecule has 0 bridgehead atoms. The van der Waals surface area contributed by atoms with Crippen LogP contribution in [-0.2, 0) is 22.6 Å². The van der Waals surface area contributed by atoms with Crippen molar-refractivity contribution >= 4 is 12.0 Å². The van der Waals surface area contributed by atoms with Crippen molar-refractivity contribution in [1.82, 2.24) is 10.6 Å². The average molecular weight is 354 g/mol. The Balaban J connectivity index is 1.99. The Morgan fingerprint density at radius 2 is 1.85 bits per heavy atom. The van der Waals surface area contributed by atoms with Crippen molar-refractivity contribution in [3.8, 4) is 5.75 Å². The minimum atomic E-state index is -0.833. The van der Waals surface area contributed by atoms with Gasteiger partial charge in [0.15, 0.2) is 0 Å². The molecule has 0 saturated carbocycles. The van der Waals surface area contributed by atoms with E-state index in [4.69, 9.17) is 4.74 Å². The van der Waals surface area contributed by atoms with E-state index in [-0.39, 0.29) is 31.2 Å². The van der Waals surface area contributed by atoms with E-state index in [1.54, 1.807) is 24.3 Å². The number of rotatable bonds is 8. The van der Waals surface area contributed by atoms with E-state index < -0.39 is 12.1 Å². The van der Waals surface area contributed by atoms with E-state index in [9.17, 15) is 14.7 Å². The van der Waals surface area contributed by atoms with Crippen molar-refractivity contribution in [2.75, 3.05) is 6.54 Å². The Morgan fingerprint density at radius 1 is 1.12 bits per heavy atom. The van der Waals surface area contributed by atoms with Gasteiger partial charge in [-0.2, -0.15) is 0 Å². The highest BCUT2D eigenvalue weighted by Crippen LogP contribution is 2.13. The molecule has 136 valence electrons. The van der Waals surface area contributed by atoms with Crippen LogP contribution in [-0.4, -0.2) is 29.7 Å². The first kappa shape index (κ1) is 19.1. The highest BCUT2D eigenvalue weighted by Gasteiger charge is 2.21. The van der Waals surface area contributed by atoms with Crippen LogP contribution in [0.5, 0.6) is 5.75 Å². The van der Waals surface area contributed by atoms with Gasteiger partial charge >= 0.3 is 6.09 Å². The van der Waals surface area contributed by atoms with Crippen molar-refractivity contribution in [2.45, 2.75) is 19.1 Å². The second-order valence-electron chi connectivity index (χ2n) is 5.67. The molecule has 0 saturated heterocycles. The number of nitrogens with one attached hydrogen (secondary N) is 2. The summed E-state index contributed by atoms with van der Waals surface area (Å²) >= 11 is 0. The Bertz CT molecular complexity index is 746. The largest absolute Gasteiger partial charge is 0.508 e. The molecule has 0 heterocycles. The van der Waals surface area contributed by atoms with Gasteiger partial charge in [-0.05, 0) is 23.3 Å². The maximum absolute atomic E-state index is 12.3. The zero-order chi connectivity index (χ0) is 18.8.